The van der Waals surface area contributed by atoms with Crippen molar-refractivity contribution in [1.82, 2.24) is 5.32 Å². The zero-order chi connectivity index (χ0) is 14.1. The first kappa shape index (κ1) is 12.9. The second-order valence-corrected chi connectivity index (χ2v) is 5.19. The van der Waals surface area contributed by atoms with Crippen LogP contribution < -0.4 is 5.32 Å². The van der Waals surface area contributed by atoms with Crippen LogP contribution in [0.25, 0.3) is 11.1 Å². The number of halogens is 1. The molecule has 0 radical (unpaired) electrons. The normalized spacial score (nSPS) is 21.9. The van der Waals surface area contributed by atoms with Crippen molar-refractivity contribution < 1.29 is 9.59 Å². The van der Waals surface area contributed by atoms with Crippen molar-refractivity contribution in [3.8, 4) is 11.1 Å². The van der Waals surface area contributed by atoms with Gasteiger partial charge in [-0.05, 0) is 16.7 Å². The first-order chi connectivity index (χ1) is 9.66. The molecule has 0 spiro atoms. The first-order valence-electron chi connectivity index (χ1n) is 6.31. The van der Waals surface area contributed by atoms with Crippen molar-refractivity contribution in [2.45, 2.75) is 11.3 Å². The number of imide groups is 1. The maximum absolute atomic E-state index is 11.7. The Labute approximate surface area is 121 Å². The van der Waals surface area contributed by atoms with Gasteiger partial charge in [0, 0.05) is 0 Å². The van der Waals surface area contributed by atoms with Crippen LogP contribution in [0.4, 0.5) is 0 Å². The van der Waals surface area contributed by atoms with E-state index in [1.807, 2.05) is 54.6 Å². The molecule has 3 rings (SSSR count). The van der Waals surface area contributed by atoms with Gasteiger partial charge < -0.3 is 0 Å². The minimum Gasteiger partial charge on any atom is -0.295 e. The molecule has 2 amide bonds. The van der Waals surface area contributed by atoms with Crippen LogP contribution in [0, 0.1) is 0 Å². The molecule has 4 heteroatoms. The van der Waals surface area contributed by atoms with Gasteiger partial charge in [-0.2, -0.15) is 0 Å². The minimum absolute atomic E-state index is 0.331. The van der Waals surface area contributed by atoms with Crippen molar-refractivity contribution in [2.24, 2.45) is 0 Å². The van der Waals surface area contributed by atoms with Crippen molar-refractivity contribution in [1.29, 1.82) is 0 Å². The molecule has 100 valence electrons. The Bertz CT molecular complexity index is 652. The molecular formula is C16H12ClNO2. The van der Waals surface area contributed by atoms with E-state index in [-0.39, 0.29) is 5.91 Å². The van der Waals surface area contributed by atoms with Crippen molar-refractivity contribution in [2.75, 3.05) is 0 Å². The van der Waals surface area contributed by atoms with Crippen LogP contribution in [0.15, 0.2) is 54.6 Å². The van der Waals surface area contributed by atoms with E-state index in [0.29, 0.717) is 0 Å². The minimum atomic E-state index is -0.829. The van der Waals surface area contributed by atoms with E-state index in [2.05, 4.69) is 5.32 Å². The average Bonchev–Trinajstić information content (AvgIpc) is 2.73. The molecule has 2 aromatic rings. The average molecular weight is 286 g/mol. The summed E-state index contributed by atoms with van der Waals surface area (Å²) in [6.07, 6.45) is 0. The van der Waals surface area contributed by atoms with E-state index >= 15 is 0 Å². The Kier molecular flexibility index (Phi) is 3.28. The first-order valence-corrected chi connectivity index (χ1v) is 6.74. The maximum Gasteiger partial charge on any atom is 0.245 e. The van der Waals surface area contributed by atoms with Gasteiger partial charge in [0.2, 0.25) is 11.8 Å². The number of amides is 2. The highest BCUT2D eigenvalue weighted by Gasteiger charge is 2.41. The van der Waals surface area contributed by atoms with Crippen LogP contribution in [-0.4, -0.2) is 17.2 Å². The highest BCUT2D eigenvalue weighted by Crippen LogP contribution is 2.30. The van der Waals surface area contributed by atoms with Crippen molar-refractivity contribution in [3.05, 3.63) is 60.2 Å². The second kappa shape index (κ2) is 5.10. The highest BCUT2D eigenvalue weighted by atomic mass is 35.5. The van der Waals surface area contributed by atoms with Gasteiger partial charge in [0.15, 0.2) is 0 Å². The van der Waals surface area contributed by atoms with Gasteiger partial charge in [0.25, 0.3) is 0 Å². The molecule has 3 nitrogen and oxygen atoms in total. The van der Waals surface area contributed by atoms with Gasteiger partial charge in [-0.1, -0.05) is 54.6 Å². The van der Waals surface area contributed by atoms with Gasteiger partial charge in [0.05, 0.1) is 5.92 Å². The fourth-order valence-corrected chi connectivity index (χ4v) is 2.70. The summed E-state index contributed by atoms with van der Waals surface area (Å²) < 4.78 is 0. The zero-order valence-corrected chi connectivity index (χ0v) is 11.3. The van der Waals surface area contributed by atoms with E-state index < -0.39 is 17.2 Å². The monoisotopic (exact) mass is 285 g/mol. The Morgan fingerprint density at radius 3 is 1.95 bits per heavy atom. The van der Waals surface area contributed by atoms with Crippen molar-refractivity contribution in [3.63, 3.8) is 0 Å². The predicted molar refractivity (Wildman–Crippen MR) is 77.4 cm³/mol. The number of benzene rings is 2. The van der Waals surface area contributed by atoms with Gasteiger partial charge in [-0.25, -0.2) is 0 Å². The Hall–Kier alpha value is -2.13. The van der Waals surface area contributed by atoms with Gasteiger partial charge >= 0.3 is 0 Å². The molecule has 2 aromatic carbocycles. The Morgan fingerprint density at radius 2 is 1.40 bits per heavy atom. The van der Waals surface area contributed by atoms with Crippen LogP contribution >= 0.6 is 11.6 Å². The third-order valence-electron chi connectivity index (χ3n) is 3.45. The summed E-state index contributed by atoms with van der Waals surface area (Å²) in [5, 5.41) is 1.42. The van der Waals surface area contributed by atoms with E-state index in [1.165, 1.54) is 0 Å². The molecule has 1 heterocycles. The molecule has 1 aliphatic heterocycles. The number of rotatable bonds is 2. The molecule has 1 fully saturated rings. The molecule has 0 bridgehead atoms. The zero-order valence-electron chi connectivity index (χ0n) is 10.5. The summed E-state index contributed by atoms with van der Waals surface area (Å²) in [7, 11) is 0. The molecule has 2 atom stereocenters. The molecule has 1 aliphatic rings. The summed E-state index contributed by atoms with van der Waals surface area (Å²) in [5.41, 5.74) is 2.92. The van der Waals surface area contributed by atoms with E-state index in [1.54, 1.807) is 0 Å². The largest absolute Gasteiger partial charge is 0.295 e. The number of hydrogen-bond donors (Lipinski definition) is 1. The summed E-state index contributed by atoms with van der Waals surface area (Å²) in [5.74, 6) is -1.36. The van der Waals surface area contributed by atoms with Gasteiger partial charge in [-0.3, -0.25) is 14.9 Å². The van der Waals surface area contributed by atoms with Crippen LogP contribution in [0.5, 0.6) is 0 Å². The third kappa shape index (κ3) is 2.21. The Balaban J connectivity index is 1.91. The standard InChI is InChI=1S/C16H12ClNO2/c17-14-13(15(19)18-16(14)20)12-8-6-11(7-9-12)10-4-2-1-3-5-10/h1-9,13-14H,(H,18,19,20). The number of carbonyl (C=O) groups excluding carboxylic acids is 2. The molecule has 0 aliphatic carbocycles. The lowest BCUT2D eigenvalue weighted by atomic mass is 9.95. The Morgan fingerprint density at radius 1 is 0.800 bits per heavy atom. The molecule has 1 saturated heterocycles. The quantitative estimate of drug-likeness (QED) is 0.681. The maximum atomic E-state index is 11.7. The lowest BCUT2D eigenvalue weighted by Gasteiger charge is -2.10. The number of nitrogens with one attached hydrogen (secondary N) is 1. The number of hydrogen-bond acceptors (Lipinski definition) is 2. The van der Waals surface area contributed by atoms with Gasteiger partial charge in [-0.15, -0.1) is 11.6 Å². The second-order valence-electron chi connectivity index (χ2n) is 4.72. The van der Waals surface area contributed by atoms with Crippen LogP contribution in [0.3, 0.4) is 0 Å². The fourth-order valence-electron chi connectivity index (χ4n) is 2.39. The van der Waals surface area contributed by atoms with Crippen LogP contribution in [-0.2, 0) is 9.59 Å². The van der Waals surface area contributed by atoms with Crippen LogP contribution in [0.2, 0.25) is 0 Å². The third-order valence-corrected chi connectivity index (χ3v) is 3.90. The van der Waals surface area contributed by atoms with Gasteiger partial charge in [0.1, 0.15) is 5.38 Å². The molecule has 1 N–H and O–H groups in total. The molecule has 2 unspecified atom stereocenters. The van der Waals surface area contributed by atoms with Crippen LogP contribution in [0.1, 0.15) is 11.5 Å². The van der Waals surface area contributed by atoms with Crippen molar-refractivity contribution >= 4 is 23.4 Å². The molecular weight excluding hydrogens is 274 g/mol. The number of carbonyl (C=O) groups is 2. The fraction of sp³-hybridized carbons (Fsp3) is 0.125. The molecule has 0 aromatic heterocycles. The topological polar surface area (TPSA) is 46.2 Å². The smallest absolute Gasteiger partial charge is 0.245 e. The number of alkyl halides is 1. The molecule has 0 saturated carbocycles. The van der Waals surface area contributed by atoms with E-state index in [4.69, 9.17) is 11.6 Å². The predicted octanol–water partition coefficient (Wildman–Crippen LogP) is 2.70. The summed E-state index contributed by atoms with van der Waals surface area (Å²) in [4.78, 5) is 23.1. The summed E-state index contributed by atoms with van der Waals surface area (Å²) in [6, 6.07) is 17.5. The van der Waals surface area contributed by atoms with E-state index in [0.717, 1.165) is 16.7 Å². The molecule has 20 heavy (non-hydrogen) atoms. The van der Waals surface area contributed by atoms with E-state index in [9.17, 15) is 9.59 Å². The lowest BCUT2D eigenvalue weighted by molar-refractivity contribution is -0.125. The SMILES string of the molecule is O=C1NC(=O)C(c2ccc(-c3ccccc3)cc2)C1Cl. The highest BCUT2D eigenvalue weighted by molar-refractivity contribution is 6.37. The lowest BCUT2D eigenvalue weighted by Crippen LogP contribution is -2.22. The summed E-state index contributed by atoms with van der Waals surface area (Å²) >= 11 is 5.98. The summed E-state index contributed by atoms with van der Waals surface area (Å²) in [6.45, 7) is 0.